The van der Waals surface area contributed by atoms with Gasteiger partial charge in [0.1, 0.15) is 12.1 Å². The molecule has 2 heterocycles. The number of hydrogen-bond acceptors (Lipinski definition) is 6. The molecule has 1 saturated heterocycles. The summed E-state index contributed by atoms with van der Waals surface area (Å²) in [6.45, 7) is 1.37. The Morgan fingerprint density at radius 1 is 1.09 bits per heavy atom. The second-order valence-electron chi connectivity index (χ2n) is 6.09. The average Bonchev–Trinajstić information content (AvgIpc) is 2.96. The van der Waals surface area contributed by atoms with E-state index < -0.39 is 18.5 Å². The molecule has 2 fully saturated rings. The molecule has 0 unspecified atom stereocenters. The molecule has 1 aliphatic carbocycles. The van der Waals surface area contributed by atoms with Crippen LogP contribution in [0.1, 0.15) is 57.4 Å². The van der Waals surface area contributed by atoms with Crippen LogP contribution in [-0.4, -0.2) is 33.3 Å². The molecule has 0 amide bonds. The van der Waals surface area contributed by atoms with Gasteiger partial charge < -0.3 is 13.9 Å². The number of aromatic nitrogens is 3. The molecule has 118 valence electrons. The number of hydrogen-bond donors (Lipinski definition) is 0. The summed E-state index contributed by atoms with van der Waals surface area (Å²) in [4.78, 5) is 23.7. The summed E-state index contributed by atoms with van der Waals surface area (Å²) < 4.78 is 12.6. The van der Waals surface area contributed by atoms with Crippen molar-refractivity contribution >= 4 is 24.2 Å². The van der Waals surface area contributed by atoms with Crippen LogP contribution in [0.2, 0.25) is 0 Å². The monoisotopic (exact) mass is 305 g/mol. The molecule has 0 spiro atoms. The van der Waals surface area contributed by atoms with Crippen molar-refractivity contribution in [1.29, 1.82) is 0 Å². The molecule has 22 heavy (non-hydrogen) atoms. The summed E-state index contributed by atoms with van der Waals surface area (Å²) >= 11 is 0. The van der Waals surface area contributed by atoms with E-state index in [2.05, 4.69) is 17.0 Å². The lowest BCUT2D eigenvalue weighted by Gasteiger charge is -2.33. The van der Waals surface area contributed by atoms with Crippen LogP contribution >= 0.6 is 0 Å². The summed E-state index contributed by atoms with van der Waals surface area (Å²) in [6.07, 6.45) is 7.94. The van der Waals surface area contributed by atoms with Crippen LogP contribution in [-0.2, 0) is 18.9 Å². The third kappa shape index (κ3) is 2.95. The first-order valence-electron chi connectivity index (χ1n) is 7.93. The number of carbonyl (C=O) groups excluding carboxylic acids is 2. The van der Waals surface area contributed by atoms with Gasteiger partial charge in [-0.05, 0) is 26.1 Å². The van der Waals surface area contributed by atoms with Crippen molar-refractivity contribution in [2.45, 2.75) is 57.4 Å². The molecule has 0 N–H and O–H groups in total. The zero-order chi connectivity index (χ0) is 15.6. The number of rotatable bonds is 2. The van der Waals surface area contributed by atoms with E-state index >= 15 is 0 Å². The van der Waals surface area contributed by atoms with Gasteiger partial charge in [0.2, 0.25) is 0 Å². The van der Waals surface area contributed by atoms with E-state index in [9.17, 15) is 9.59 Å². The molecule has 0 atom stereocenters. The molecule has 3 rings (SSSR count). The predicted molar refractivity (Wildman–Crippen MR) is 78.9 cm³/mol. The van der Waals surface area contributed by atoms with Crippen LogP contribution in [0.5, 0.6) is 0 Å². The molecular formula is C14H20BN3O4. The summed E-state index contributed by atoms with van der Waals surface area (Å²) in [5.41, 5.74) is 0.343. The fourth-order valence-electron chi connectivity index (χ4n) is 3.26. The Morgan fingerprint density at radius 2 is 1.73 bits per heavy atom. The number of nitrogens with zero attached hydrogens (tertiary/aromatic N) is 3. The molecule has 2 aliphatic rings. The maximum Gasteiger partial charge on any atom is 0.617 e. The van der Waals surface area contributed by atoms with Crippen LogP contribution in [0.4, 0.5) is 0 Å². The van der Waals surface area contributed by atoms with Crippen molar-refractivity contribution in [3.63, 3.8) is 0 Å². The summed E-state index contributed by atoms with van der Waals surface area (Å²) in [5.74, 6) is -0.832. The Balaban J connectivity index is 1.91. The highest BCUT2D eigenvalue weighted by Crippen LogP contribution is 2.28. The quantitative estimate of drug-likeness (QED) is 0.600. The summed E-state index contributed by atoms with van der Waals surface area (Å²) in [5, 5.41) is 7.98. The maximum absolute atomic E-state index is 11.8. The first-order chi connectivity index (χ1) is 10.6. The smallest absolute Gasteiger partial charge is 0.611 e. The minimum atomic E-state index is -2.52. The largest absolute Gasteiger partial charge is 0.617 e. The molecule has 0 radical (unpaired) electrons. The minimum absolute atomic E-state index is 0.186. The van der Waals surface area contributed by atoms with Gasteiger partial charge in [0.05, 0.1) is 0 Å². The SMILES string of the molecule is [CH2+][B-]1(c2nncn2C2CCCCC2)OC(=O)CCCC(=O)O1. The van der Waals surface area contributed by atoms with Gasteiger partial charge in [0.15, 0.2) is 0 Å². The minimum Gasteiger partial charge on any atom is -0.611 e. The Morgan fingerprint density at radius 3 is 2.36 bits per heavy atom. The maximum atomic E-state index is 11.8. The lowest BCUT2D eigenvalue weighted by Crippen LogP contribution is -2.59. The van der Waals surface area contributed by atoms with Gasteiger partial charge in [0.25, 0.3) is 11.9 Å². The van der Waals surface area contributed by atoms with Gasteiger partial charge in [-0.3, -0.25) is 9.59 Å². The zero-order valence-electron chi connectivity index (χ0n) is 12.6. The Bertz CT molecular complexity index is 550. The molecular weight excluding hydrogens is 285 g/mol. The van der Waals surface area contributed by atoms with Gasteiger partial charge in [-0.15, -0.1) is 5.10 Å². The van der Waals surface area contributed by atoms with Crippen LogP contribution in [0, 0.1) is 6.82 Å². The third-order valence-corrected chi connectivity index (χ3v) is 4.37. The van der Waals surface area contributed by atoms with Gasteiger partial charge in [-0.1, -0.05) is 19.3 Å². The van der Waals surface area contributed by atoms with Gasteiger partial charge in [0, 0.05) is 18.9 Å². The molecule has 1 aromatic rings. The Labute approximate surface area is 129 Å². The molecule has 7 nitrogen and oxygen atoms in total. The molecule has 1 saturated carbocycles. The van der Waals surface area contributed by atoms with E-state index in [1.165, 1.54) is 6.42 Å². The Kier molecular flexibility index (Phi) is 4.09. The second kappa shape index (κ2) is 6.02. The van der Waals surface area contributed by atoms with E-state index in [4.69, 9.17) is 9.31 Å². The highest BCUT2D eigenvalue weighted by atomic mass is 16.7. The van der Waals surface area contributed by atoms with Crippen molar-refractivity contribution in [3.05, 3.63) is 13.2 Å². The first-order valence-corrected chi connectivity index (χ1v) is 7.93. The lowest BCUT2D eigenvalue weighted by atomic mass is 9.58. The first kappa shape index (κ1) is 14.9. The van der Waals surface area contributed by atoms with Crippen molar-refractivity contribution < 1.29 is 18.9 Å². The molecule has 1 aromatic heterocycles. The van der Waals surface area contributed by atoms with E-state index in [0.717, 1.165) is 25.7 Å². The fraction of sp³-hybridized carbons (Fsp3) is 0.643. The highest BCUT2D eigenvalue weighted by Gasteiger charge is 2.48. The van der Waals surface area contributed by atoms with Crippen LogP contribution < -0.4 is 5.72 Å². The summed E-state index contributed by atoms with van der Waals surface area (Å²) in [6, 6.07) is 0.238. The van der Waals surface area contributed by atoms with Gasteiger partial charge >= 0.3 is 6.55 Å². The highest BCUT2D eigenvalue weighted by molar-refractivity contribution is 6.83. The molecule has 1 aliphatic heterocycles. The Hall–Kier alpha value is -1.99. The van der Waals surface area contributed by atoms with Crippen molar-refractivity contribution in [1.82, 2.24) is 14.8 Å². The van der Waals surface area contributed by atoms with Crippen molar-refractivity contribution in [3.8, 4) is 0 Å². The van der Waals surface area contributed by atoms with Gasteiger partial charge in [-0.2, -0.15) is 5.10 Å². The normalized spacial score (nSPS) is 23.3. The standard InChI is InChI=1S/C14H20BN3O4/c1-15(21-12(19)8-5-9-13(20)22-15)14-17-16-10-18(14)11-6-3-2-4-7-11/h10-11H,1-9H2. The van der Waals surface area contributed by atoms with Crippen LogP contribution in [0.25, 0.3) is 0 Å². The lowest BCUT2D eigenvalue weighted by molar-refractivity contribution is -0.143. The molecule has 0 bridgehead atoms. The van der Waals surface area contributed by atoms with Crippen LogP contribution in [0.15, 0.2) is 6.33 Å². The molecule has 8 heteroatoms. The average molecular weight is 305 g/mol. The second-order valence-corrected chi connectivity index (χ2v) is 6.09. The van der Waals surface area contributed by atoms with Gasteiger partial charge in [-0.25, -0.2) is 0 Å². The zero-order valence-corrected chi connectivity index (χ0v) is 12.6. The van der Waals surface area contributed by atoms with Crippen molar-refractivity contribution in [2.24, 2.45) is 0 Å². The predicted octanol–water partition coefficient (Wildman–Crippen LogP) is 1.08. The molecule has 0 aromatic carbocycles. The van der Waals surface area contributed by atoms with E-state index in [1.807, 2.05) is 4.57 Å². The fourth-order valence-corrected chi connectivity index (χ4v) is 3.26. The van der Waals surface area contributed by atoms with E-state index in [1.54, 1.807) is 6.33 Å². The topological polar surface area (TPSA) is 83.3 Å². The number of carbonyl (C=O) groups is 2. The third-order valence-electron chi connectivity index (χ3n) is 4.37. The summed E-state index contributed by atoms with van der Waals surface area (Å²) in [7, 11) is 0. The van der Waals surface area contributed by atoms with E-state index in [-0.39, 0.29) is 18.9 Å². The van der Waals surface area contributed by atoms with Crippen LogP contribution in [0.3, 0.4) is 0 Å². The van der Waals surface area contributed by atoms with E-state index in [0.29, 0.717) is 12.1 Å². The van der Waals surface area contributed by atoms with Crippen molar-refractivity contribution in [2.75, 3.05) is 0 Å².